The topological polar surface area (TPSA) is 70.6 Å². The third-order valence-corrected chi connectivity index (χ3v) is 7.85. The van der Waals surface area contributed by atoms with Crippen molar-refractivity contribution in [1.29, 1.82) is 0 Å². The van der Waals surface area contributed by atoms with E-state index in [9.17, 15) is 13.2 Å². The first-order valence-electron chi connectivity index (χ1n) is 9.15. The summed E-state index contributed by atoms with van der Waals surface area (Å²) in [5.74, 6) is 0.223. The number of para-hydroxylation sites is 1. The van der Waals surface area contributed by atoms with Crippen LogP contribution in [0.25, 0.3) is 0 Å². The van der Waals surface area contributed by atoms with Gasteiger partial charge < -0.3 is 4.90 Å². The number of carbonyl (C=O) groups excluding carboxylic acids is 1. The molecule has 1 aliphatic rings. The van der Waals surface area contributed by atoms with E-state index in [2.05, 4.69) is 35.9 Å². The smallest absolute Gasteiger partial charge is 0.244 e. The third kappa shape index (κ3) is 4.10. The van der Waals surface area contributed by atoms with E-state index in [1.165, 1.54) is 43.7 Å². The van der Waals surface area contributed by atoms with E-state index in [4.69, 9.17) is 0 Å². The van der Waals surface area contributed by atoms with Crippen LogP contribution in [0, 0.1) is 0 Å². The number of nitrogens with zero attached hydrogens (tertiary/aromatic N) is 3. The van der Waals surface area contributed by atoms with E-state index in [0.29, 0.717) is 5.03 Å². The highest BCUT2D eigenvalue weighted by Gasteiger charge is 2.38. The van der Waals surface area contributed by atoms with E-state index < -0.39 is 10.0 Å². The lowest BCUT2D eigenvalue weighted by atomic mass is 9.83. The molecule has 2 heterocycles. The molecule has 1 aromatic heterocycles. The summed E-state index contributed by atoms with van der Waals surface area (Å²) in [6, 6.07) is 11.3. The van der Waals surface area contributed by atoms with E-state index in [0.717, 1.165) is 15.7 Å². The number of sulfonamides is 1. The molecule has 0 saturated heterocycles. The quantitative estimate of drug-likeness (QED) is 0.516. The predicted octanol–water partition coefficient (Wildman–Crippen LogP) is 3.30. The Labute approximate surface area is 176 Å². The summed E-state index contributed by atoms with van der Waals surface area (Å²) in [6.07, 6.45) is 3.03. The van der Waals surface area contributed by atoms with Crippen molar-refractivity contribution < 1.29 is 13.2 Å². The molecule has 0 bridgehead atoms. The van der Waals surface area contributed by atoms with Crippen molar-refractivity contribution in [2.24, 2.45) is 0 Å². The summed E-state index contributed by atoms with van der Waals surface area (Å²) in [4.78, 5) is 19.0. The summed E-state index contributed by atoms with van der Waals surface area (Å²) < 4.78 is 25.3. The van der Waals surface area contributed by atoms with Crippen molar-refractivity contribution in [2.45, 2.75) is 29.2 Å². The molecule has 1 aliphatic heterocycles. The molecule has 154 valence electrons. The molecule has 0 radical (unpaired) electrons. The van der Waals surface area contributed by atoms with E-state index in [1.807, 2.05) is 19.2 Å². The lowest BCUT2D eigenvalue weighted by molar-refractivity contribution is -0.112. The summed E-state index contributed by atoms with van der Waals surface area (Å²) in [5, 5.41) is 0.608. The van der Waals surface area contributed by atoms with Gasteiger partial charge in [-0.2, -0.15) is 0 Å². The summed E-state index contributed by atoms with van der Waals surface area (Å²) in [5.41, 5.74) is 3.04. The highest BCUT2D eigenvalue weighted by atomic mass is 32.2. The molecule has 0 fully saturated rings. The van der Waals surface area contributed by atoms with Crippen LogP contribution < -0.4 is 4.90 Å². The molecule has 0 atom stereocenters. The summed E-state index contributed by atoms with van der Waals surface area (Å²) in [7, 11) is 1.42. The zero-order valence-corrected chi connectivity index (χ0v) is 18.8. The number of likely N-dealkylation sites (N-methyl/N-ethyl adjacent to an activating group) is 1. The fourth-order valence-electron chi connectivity index (χ4n) is 3.41. The van der Waals surface area contributed by atoms with Gasteiger partial charge in [-0.25, -0.2) is 17.7 Å². The molecule has 1 aromatic carbocycles. The first-order chi connectivity index (χ1) is 13.5. The number of benzene rings is 1. The Balaban J connectivity index is 1.71. The second-order valence-electron chi connectivity index (χ2n) is 7.61. The molecule has 0 N–H and O–H groups in total. The average Bonchev–Trinajstić information content (AvgIpc) is 2.87. The molecule has 0 saturated carbocycles. The van der Waals surface area contributed by atoms with Gasteiger partial charge in [-0.05, 0) is 23.8 Å². The molecule has 0 unspecified atom stereocenters. The monoisotopic (exact) mass is 431 g/mol. The average molecular weight is 432 g/mol. The highest BCUT2D eigenvalue weighted by molar-refractivity contribution is 7.99. The van der Waals surface area contributed by atoms with Gasteiger partial charge >= 0.3 is 0 Å². The summed E-state index contributed by atoms with van der Waals surface area (Å²) in [6.45, 7) is 4.24. The largest absolute Gasteiger partial charge is 0.347 e. The fraction of sp³-hybridized carbons (Fsp3) is 0.333. The number of aromatic nitrogens is 1. The Hall–Kier alpha value is -2.16. The number of anilines is 1. The molecule has 0 aliphatic carbocycles. The van der Waals surface area contributed by atoms with Crippen molar-refractivity contribution in [3.8, 4) is 0 Å². The Kier molecular flexibility index (Phi) is 5.89. The maximum absolute atomic E-state index is 12.6. The van der Waals surface area contributed by atoms with Gasteiger partial charge in [0, 0.05) is 50.2 Å². The number of pyridine rings is 1. The van der Waals surface area contributed by atoms with Gasteiger partial charge in [0.25, 0.3) is 0 Å². The molecule has 0 spiro atoms. The van der Waals surface area contributed by atoms with E-state index in [-0.39, 0.29) is 21.8 Å². The van der Waals surface area contributed by atoms with Gasteiger partial charge in [0.1, 0.15) is 4.90 Å². The van der Waals surface area contributed by atoms with Crippen molar-refractivity contribution in [3.63, 3.8) is 0 Å². The Morgan fingerprint density at radius 1 is 1.21 bits per heavy atom. The maximum atomic E-state index is 12.6. The minimum Gasteiger partial charge on any atom is -0.347 e. The second kappa shape index (κ2) is 7.93. The minimum absolute atomic E-state index is 0.00970. The molecule has 0 amide bonds. The van der Waals surface area contributed by atoms with Crippen LogP contribution in [0.5, 0.6) is 0 Å². The standard InChI is InChI=1S/C21H25N3O3S2/c1-21(2)17-8-6-7-9-18(17)24(5)19(21)12-15(25)14-28-20-11-10-16(13-22-20)29(26,27)23(3)4/h6-13H,14H2,1-5H3. The van der Waals surface area contributed by atoms with Gasteiger partial charge in [0.2, 0.25) is 10.0 Å². The van der Waals surface area contributed by atoms with E-state index in [1.54, 1.807) is 12.1 Å². The predicted molar refractivity (Wildman–Crippen MR) is 117 cm³/mol. The van der Waals surface area contributed by atoms with Gasteiger partial charge in [0.05, 0.1) is 10.8 Å². The lowest BCUT2D eigenvalue weighted by Crippen LogP contribution is -2.24. The third-order valence-electron chi connectivity index (χ3n) is 5.09. The lowest BCUT2D eigenvalue weighted by Gasteiger charge is -2.23. The first kappa shape index (κ1) is 21.5. The van der Waals surface area contributed by atoms with E-state index >= 15 is 0 Å². The minimum atomic E-state index is -3.51. The SMILES string of the molecule is CN1C(=CC(=O)CSc2ccc(S(=O)(=O)N(C)C)cn2)C(C)(C)c2ccccc21. The number of hydrogen-bond acceptors (Lipinski definition) is 6. The zero-order chi connectivity index (χ0) is 21.4. The zero-order valence-electron chi connectivity index (χ0n) is 17.2. The normalized spacial score (nSPS) is 17.0. The van der Waals surface area contributed by atoms with Gasteiger partial charge in [0.15, 0.2) is 5.78 Å². The number of allylic oxidation sites excluding steroid dienone is 2. The molecule has 2 aromatic rings. The van der Waals surface area contributed by atoms with Gasteiger partial charge in [-0.15, -0.1) is 0 Å². The van der Waals surface area contributed by atoms with Gasteiger partial charge in [-0.1, -0.05) is 43.8 Å². The maximum Gasteiger partial charge on any atom is 0.244 e. The molecule has 8 heteroatoms. The molecule has 3 rings (SSSR count). The van der Waals surface area contributed by atoms with Crippen molar-refractivity contribution in [1.82, 2.24) is 9.29 Å². The van der Waals surface area contributed by atoms with Crippen LogP contribution >= 0.6 is 11.8 Å². The Morgan fingerprint density at radius 3 is 2.48 bits per heavy atom. The number of carbonyl (C=O) groups is 1. The van der Waals surface area contributed by atoms with Crippen LogP contribution in [0.1, 0.15) is 19.4 Å². The van der Waals surface area contributed by atoms with Crippen LogP contribution in [-0.2, 0) is 20.2 Å². The van der Waals surface area contributed by atoms with Crippen LogP contribution in [-0.4, -0.2) is 50.4 Å². The number of fused-ring (bicyclic) bond motifs is 1. The Bertz CT molecular complexity index is 1060. The number of thioether (sulfide) groups is 1. The number of rotatable bonds is 6. The molecule has 6 nitrogen and oxygen atoms in total. The number of hydrogen-bond donors (Lipinski definition) is 0. The second-order valence-corrected chi connectivity index (χ2v) is 10.8. The summed E-state index contributed by atoms with van der Waals surface area (Å²) >= 11 is 1.29. The van der Waals surface area contributed by atoms with Gasteiger partial charge in [-0.3, -0.25) is 4.79 Å². The van der Waals surface area contributed by atoms with Crippen LogP contribution in [0.3, 0.4) is 0 Å². The van der Waals surface area contributed by atoms with Crippen LogP contribution in [0.15, 0.2) is 64.3 Å². The number of ketones is 1. The molecule has 29 heavy (non-hydrogen) atoms. The highest BCUT2D eigenvalue weighted by Crippen LogP contribution is 2.46. The van der Waals surface area contributed by atoms with Crippen molar-refractivity contribution in [3.05, 3.63) is 59.9 Å². The van der Waals surface area contributed by atoms with Crippen LogP contribution in [0.2, 0.25) is 0 Å². The molecular formula is C21H25N3O3S2. The van der Waals surface area contributed by atoms with Crippen molar-refractivity contribution in [2.75, 3.05) is 31.8 Å². The Morgan fingerprint density at radius 2 is 1.90 bits per heavy atom. The van der Waals surface area contributed by atoms with Crippen LogP contribution in [0.4, 0.5) is 5.69 Å². The fourth-order valence-corrected chi connectivity index (χ4v) is 4.93. The van der Waals surface area contributed by atoms with Crippen molar-refractivity contribution >= 4 is 33.3 Å². The first-order valence-corrected chi connectivity index (χ1v) is 11.6. The molecular weight excluding hydrogens is 406 g/mol.